The molecule has 0 aliphatic heterocycles. The van der Waals surface area contributed by atoms with Crippen LogP contribution in [0.3, 0.4) is 0 Å². The summed E-state index contributed by atoms with van der Waals surface area (Å²) in [6.45, 7) is 0.0352. The van der Waals surface area contributed by atoms with Crippen LogP contribution in [0.15, 0.2) is 42.5 Å². The number of rotatable bonds is 9. The first-order valence-electron chi connectivity index (χ1n) is 8.62. The molecule has 148 valence electrons. The number of carboxylic acid groups (broad SMARTS) is 1. The van der Waals surface area contributed by atoms with E-state index in [1.165, 1.54) is 25.3 Å². The Morgan fingerprint density at radius 3 is 2.43 bits per heavy atom. The number of benzene rings is 2. The molecule has 2 rings (SSSR count). The van der Waals surface area contributed by atoms with Gasteiger partial charge in [-0.3, -0.25) is 14.4 Å². The lowest BCUT2D eigenvalue weighted by Gasteiger charge is -2.09. The average molecular weight is 388 g/mol. The second-order valence-electron chi connectivity index (χ2n) is 5.96. The number of hydrogen-bond acceptors (Lipinski definition) is 4. The Hall–Kier alpha value is -3.42. The van der Waals surface area contributed by atoms with Crippen LogP contribution in [0.25, 0.3) is 0 Å². The number of aryl methyl sites for hydroxylation is 1. The monoisotopic (exact) mass is 388 g/mol. The van der Waals surface area contributed by atoms with Gasteiger partial charge < -0.3 is 20.5 Å². The van der Waals surface area contributed by atoms with E-state index in [1.54, 1.807) is 24.3 Å². The zero-order valence-corrected chi connectivity index (χ0v) is 15.3. The van der Waals surface area contributed by atoms with E-state index in [9.17, 15) is 18.8 Å². The summed E-state index contributed by atoms with van der Waals surface area (Å²) >= 11 is 0. The Morgan fingerprint density at radius 1 is 1.07 bits per heavy atom. The van der Waals surface area contributed by atoms with Crippen LogP contribution < -0.4 is 15.4 Å². The van der Waals surface area contributed by atoms with Gasteiger partial charge in [-0.2, -0.15) is 0 Å². The molecule has 0 aromatic heterocycles. The molecule has 0 heterocycles. The fourth-order valence-electron chi connectivity index (χ4n) is 2.47. The first kappa shape index (κ1) is 20.9. The van der Waals surface area contributed by atoms with Crippen molar-refractivity contribution in [1.82, 2.24) is 5.32 Å². The first-order chi connectivity index (χ1) is 13.4. The first-order valence-corrected chi connectivity index (χ1v) is 8.62. The lowest BCUT2D eigenvalue weighted by Crippen LogP contribution is -2.25. The fraction of sp³-hybridized carbons (Fsp3) is 0.250. The van der Waals surface area contributed by atoms with Gasteiger partial charge in [0.1, 0.15) is 0 Å². The number of anilines is 1. The van der Waals surface area contributed by atoms with Crippen LogP contribution in [0, 0.1) is 5.82 Å². The summed E-state index contributed by atoms with van der Waals surface area (Å²) in [6, 6.07) is 10.9. The van der Waals surface area contributed by atoms with Crippen molar-refractivity contribution in [2.75, 3.05) is 19.0 Å². The number of nitrogens with one attached hydrogen (secondary N) is 2. The van der Waals surface area contributed by atoms with E-state index in [0.717, 1.165) is 0 Å². The van der Waals surface area contributed by atoms with Crippen molar-refractivity contribution < 1.29 is 28.6 Å². The van der Waals surface area contributed by atoms with Crippen molar-refractivity contribution in [1.29, 1.82) is 0 Å². The highest BCUT2D eigenvalue weighted by Crippen LogP contribution is 2.21. The van der Waals surface area contributed by atoms with Gasteiger partial charge in [-0.15, -0.1) is 0 Å². The second kappa shape index (κ2) is 10.1. The molecule has 2 amide bonds. The van der Waals surface area contributed by atoms with Gasteiger partial charge in [-0.1, -0.05) is 12.1 Å². The third kappa shape index (κ3) is 6.08. The molecule has 0 aliphatic carbocycles. The average Bonchev–Trinajstić information content (AvgIpc) is 2.67. The quantitative estimate of drug-likeness (QED) is 0.613. The van der Waals surface area contributed by atoms with E-state index >= 15 is 0 Å². The number of methoxy groups -OCH3 is 1. The molecule has 0 spiro atoms. The lowest BCUT2D eigenvalue weighted by atomic mass is 10.1. The van der Waals surface area contributed by atoms with Crippen LogP contribution >= 0.6 is 0 Å². The minimum Gasteiger partial charge on any atom is -0.494 e. The molecule has 0 radical (unpaired) electrons. The fourth-order valence-corrected chi connectivity index (χ4v) is 2.47. The minimum atomic E-state index is -0.993. The SMILES string of the molecule is COc1cccc(CCC(=O)Nc2ccc(C(=O)NCCC(=O)O)cc2)c1F. The van der Waals surface area contributed by atoms with Gasteiger partial charge >= 0.3 is 5.97 Å². The predicted molar refractivity (Wildman–Crippen MR) is 101 cm³/mol. The molecule has 7 nitrogen and oxygen atoms in total. The summed E-state index contributed by atoms with van der Waals surface area (Å²) in [5.74, 6) is -2.02. The molecular weight excluding hydrogens is 367 g/mol. The van der Waals surface area contributed by atoms with Gasteiger partial charge in [-0.25, -0.2) is 4.39 Å². The summed E-state index contributed by atoms with van der Waals surface area (Å²) in [5.41, 5.74) is 1.24. The molecule has 3 N–H and O–H groups in total. The molecule has 0 fully saturated rings. The van der Waals surface area contributed by atoms with Gasteiger partial charge in [-0.05, 0) is 42.3 Å². The number of hydrogen-bond donors (Lipinski definition) is 3. The van der Waals surface area contributed by atoms with Crippen molar-refractivity contribution >= 4 is 23.5 Å². The molecule has 0 aliphatic rings. The van der Waals surface area contributed by atoms with E-state index in [-0.39, 0.29) is 37.5 Å². The van der Waals surface area contributed by atoms with E-state index < -0.39 is 17.7 Å². The molecule has 0 saturated heterocycles. The molecule has 0 atom stereocenters. The van der Waals surface area contributed by atoms with E-state index in [2.05, 4.69) is 10.6 Å². The normalized spacial score (nSPS) is 10.2. The third-order valence-electron chi connectivity index (χ3n) is 3.94. The highest BCUT2D eigenvalue weighted by atomic mass is 19.1. The van der Waals surface area contributed by atoms with Crippen molar-refractivity contribution in [3.63, 3.8) is 0 Å². The van der Waals surface area contributed by atoms with Crippen molar-refractivity contribution in [3.05, 3.63) is 59.4 Å². The summed E-state index contributed by atoms with van der Waals surface area (Å²) in [5, 5.41) is 13.7. The van der Waals surface area contributed by atoms with Crippen LogP contribution in [-0.4, -0.2) is 36.5 Å². The van der Waals surface area contributed by atoms with E-state index in [0.29, 0.717) is 16.8 Å². The molecule has 0 unspecified atom stereocenters. The predicted octanol–water partition coefficient (Wildman–Crippen LogP) is 2.61. The largest absolute Gasteiger partial charge is 0.494 e. The van der Waals surface area contributed by atoms with Crippen molar-refractivity contribution in [2.45, 2.75) is 19.3 Å². The minimum absolute atomic E-state index is 0.0352. The Kier molecular flexibility index (Phi) is 7.50. The standard InChI is InChI=1S/C20H21FN2O5/c1-28-16-4-2-3-13(19(16)21)7-10-17(24)23-15-8-5-14(6-9-15)20(27)22-12-11-18(25)26/h2-6,8-9H,7,10-12H2,1H3,(H,22,27)(H,23,24)(H,25,26). The molecule has 0 bridgehead atoms. The maximum Gasteiger partial charge on any atom is 0.305 e. The molecule has 28 heavy (non-hydrogen) atoms. The third-order valence-corrected chi connectivity index (χ3v) is 3.94. The van der Waals surface area contributed by atoms with E-state index in [4.69, 9.17) is 9.84 Å². The number of halogens is 1. The molecular formula is C20H21FN2O5. The van der Waals surface area contributed by atoms with Crippen LogP contribution in [0.4, 0.5) is 10.1 Å². The number of carboxylic acids is 1. The van der Waals surface area contributed by atoms with Crippen LogP contribution in [0.1, 0.15) is 28.8 Å². The summed E-state index contributed by atoms with van der Waals surface area (Å²) in [6.07, 6.45) is 0.147. The van der Waals surface area contributed by atoms with Gasteiger partial charge in [0.15, 0.2) is 11.6 Å². The smallest absolute Gasteiger partial charge is 0.305 e. The maximum atomic E-state index is 14.1. The highest BCUT2D eigenvalue weighted by Gasteiger charge is 2.11. The number of amides is 2. The van der Waals surface area contributed by atoms with Gasteiger partial charge in [0, 0.05) is 24.2 Å². The van der Waals surface area contributed by atoms with Gasteiger partial charge in [0.25, 0.3) is 5.91 Å². The molecule has 2 aromatic rings. The zero-order chi connectivity index (χ0) is 20.5. The Bertz CT molecular complexity index is 852. The summed E-state index contributed by atoms with van der Waals surface area (Å²) in [4.78, 5) is 34.4. The molecule has 8 heteroatoms. The van der Waals surface area contributed by atoms with Crippen LogP contribution in [0.2, 0.25) is 0 Å². The lowest BCUT2D eigenvalue weighted by molar-refractivity contribution is -0.136. The molecule has 0 saturated carbocycles. The Labute approximate surface area is 161 Å². The Balaban J connectivity index is 1.85. The maximum absolute atomic E-state index is 14.1. The zero-order valence-electron chi connectivity index (χ0n) is 15.3. The topological polar surface area (TPSA) is 105 Å². The number of carbonyl (C=O) groups is 3. The second-order valence-corrected chi connectivity index (χ2v) is 5.96. The highest BCUT2D eigenvalue weighted by molar-refractivity contribution is 5.96. The van der Waals surface area contributed by atoms with Gasteiger partial charge in [0.05, 0.1) is 13.5 Å². The van der Waals surface area contributed by atoms with E-state index in [1.807, 2.05) is 0 Å². The number of ether oxygens (including phenoxy) is 1. The molecule has 2 aromatic carbocycles. The van der Waals surface area contributed by atoms with Crippen LogP contribution in [0.5, 0.6) is 5.75 Å². The van der Waals surface area contributed by atoms with Gasteiger partial charge in [0.2, 0.25) is 5.91 Å². The summed E-state index contributed by atoms with van der Waals surface area (Å²) in [7, 11) is 1.38. The Morgan fingerprint density at radius 2 is 1.79 bits per heavy atom. The number of carbonyl (C=O) groups excluding carboxylic acids is 2. The van der Waals surface area contributed by atoms with Crippen molar-refractivity contribution in [2.24, 2.45) is 0 Å². The van der Waals surface area contributed by atoms with Crippen molar-refractivity contribution in [3.8, 4) is 5.75 Å². The van der Waals surface area contributed by atoms with Crippen LogP contribution in [-0.2, 0) is 16.0 Å². The summed E-state index contributed by atoms with van der Waals surface area (Å²) < 4.78 is 19.0. The number of aliphatic carboxylic acids is 1.